The van der Waals surface area contributed by atoms with Gasteiger partial charge >= 0.3 is 0 Å². The fraction of sp³-hybridized carbons (Fsp3) is 0.692. The second kappa shape index (κ2) is 6.00. The Hall–Kier alpha value is -1.36. The minimum absolute atomic E-state index is 0.0120. The first-order valence-electron chi connectivity index (χ1n) is 6.65. The zero-order valence-corrected chi connectivity index (χ0v) is 11.2. The number of amides is 1. The highest BCUT2D eigenvalue weighted by Crippen LogP contribution is 2.09. The minimum atomic E-state index is -0.0120. The van der Waals surface area contributed by atoms with E-state index in [0.29, 0.717) is 11.5 Å². The highest BCUT2D eigenvalue weighted by molar-refractivity contribution is 5.92. The third-order valence-electron chi connectivity index (χ3n) is 3.33. The molecule has 0 bridgehead atoms. The number of aryl methyl sites for hydroxylation is 1. The first-order chi connectivity index (χ1) is 8.70. The normalized spacial score (nSPS) is 17.1. The van der Waals surface area contributed by atoms with Crippen molar-refractivity contribution in [1.82, 2.24) is 15.0 Å². The number of carbonyl (C=O) groups excluding carboxylic acids is 1. The van der Waals surface area contributed by atoms with Crippen LogP contribution >= 0.6 is 0 Å². The molecule has 0 saturated carbocycles. The third kappa shape index (κ3) is 3.10. The summed E-state index contributed by atoms with van der Waals surface area (Å²) in [6, 6.07) is 1.70. The largest absolute Gasteiger partial charge is 0.361 e. The molecule has 5 nitrogen and oxygen atoms in total. The minimum Gasteiger partial charge on any atom is -0.361 e. The van der Waals surface area contributed by atoms with E-state index in [-0.39, 0.29) is 5.91 Å². The van der Waals surface area contributed by atoms with E-state index in [4.69, 9.17) is 4.52 Å². The molecule has 5 heteroatoms. The molecular formula is C13H21N3O2. The van der Waals surface area contributed by atoms with Crippen molar-refractivity contribution in [2.45, 2.75) is 26.7 Å². The van der Waals surface area contributed by atoms with Gasteiger partial charge in [-0.3, -0.25) is 9.69 Å². The van der Waals surface area contributed by atoms with Crippen molar-refractivity contribution in [3.8, 4) is 0 Å². The average Bonchev–Trinajstić information content (AvgIpc) is 2.83. The Kier molecular flexibility index (Phi) is 4.36. The SMILES string of the molecule is CCCCN1CCN(C(=O)c2cc(C)on2)CC1. The van der Waals surface area contributed by atoms with Crippen LogP contribution in [0.4, 0.5) is 0 Å². The van der Waals surface area contributed by atoms with Crippen LogP contribution in [0.15, 0.2) is 10.6 Å². The van der Waals surface area contributed by atoms with E-state index >= 15 is 0 Å². The van der Waals surface area contributed by atoms with E-state index in [2.05, 4.69) is 17.0 Å². The maximum absolute atomic E-state index is 12.1. The Labute approximate surface area is 108 Å². The molecule has 0 aliphatic carbocycles. The van der Waals surface area contributed by atoms with Crippen LogP contribution in [0.5, 0.6) is 0 Å². The fourth-order valence-electron chi connectivity index (χ4n) is 2.19. The van der Waals surface area contributed by atoms with Gasteiger partial charge in [0.05, 0.1) is 0 Å². The van der Waals surface area contributed by atoms with E-state index in [0.717, 1.165) is 32.7 Å². The van der Waals surface area contributed by atoms with Crippen LogP contribution in [-0.2, 0) is 0 Å². The molecule has 1 aliphatic rings. The van der Waals surface area contributed by atoms with Crippen LogP contribution < -0.4 is 0 Å². The smallest absolute Gasteiger partial charge is 0.276 e. The lowest BCUT2D eigenvalue weighted by atomic mass is 10.2. The van der Waals surface area contributed by atoms with Gasteiger partial charge in [0.25, 0.3) is 5.91 Å². The molecule has 1 fully saturated rings. The maximum Gasteiger partial charge on any atom is 0.276 e. The molecule has 0 radical (unpaired) electrons. The molecule has 0 atom stereocenters. The van der Waals surface area contributed by atoms with Crippen molar-refractivity contribution in [3.63, 3.8) is 0 Å². The van der Waals surface area contributed by atoms with Crippen molar-refractivity contribution in [1.29, 1.82) is 0 Å². The topological polar surface area (TPSA) is 49.6 Å². The van der Waals surface area contributed by atoms with E-state index < -0.39 is 0 Å². The lowest BCUT2D eigenvalue weighted by molar-refractivity contribution is 0.0625. The number of unbranched alkanes of at least 4 members (excludes halogenated alkanes) is 1. The van der Waals surface area contributed by atoms with E-state index in [1.54, 1.807) is 13.0 Å². The van der Waals surface area contributed by atoms with Gasteiger partial charge in [-0.25, -0.2) is 0 Å². The van der Waals surface area contributed by atoms with Crippen LogP contribution in [0.25, 0.3) is 0 Å². The summed E-state index contributed by atoms with van der Waals surface area (Å²) in [5, 5.41) is 3.78. The van der Waals surface area contributed by atoms with Gasteiger partial charge < -0.3 is 9.42 Å². The van der Waals surface area contributed by atoms with Gasteiger partial charge in [0.2, 0.25) is 0 Å². The summed E-state index contributed by atoms with van der Waals surface area (Å²) in [5.41, 5.74) is 0.425. The molecule has 2 rings (SSSR count). The Balaban J connectivity index is 1.84. The summed E-state index contributed by atoms with van der Waals surface area (Å²) in [7, 11) is 0. The molecule has 1 aromatic heterocycles. The summed E-state index contributed by atoms with van der Waals surface area (Å²) >= 11 is 0. The monoisotopic (exact) mass is 251 g/mol. The van der Waals surface area contributed by atoms with E-state index in [1.165, 1.54) is 12.8 Å². The summed E-state index contributed by atoms with van der Waals surface area (Å²) in [5.74, 6) is 0.668. The Morgan fingerprint density at radius 2 is 2.11 bits per heavy atom. The summed E-state index contributed by atoms with van der Waals surface area (Å²) in [6.45, 7) is 8.63. The highest BCUT2D eigenvalue weighted by Gasteiger charge is 2.23. The highest BCUT2D eigenvalue weighted by atomic mass is 16.5. The lowest BCUT2D eigenvalue weighted by Gasteiger charge is -2.34. The number of hydrogen-bond donors (Lipinski definition) is 0. The van der Waals surface area contributed by atoms with E-state index in [9.17, 15) is 4.79 Å². The number of aromatic nitrogens is 1. The number of piperazine rings is 1. The Bertz CT molecular complexity index is 395. The van der Waals surface area contributed by atoms with Crippen molar-refractivity contribution in [3.05, 3.63) is 17.5 Å². The zero-order chi connectivity index (χ0) is 13.0. The van der Waals surface area contributed by atoms with Crippen LogP contribution in [-0.4, -0.2) is 53.6 Å². The van der Waals surface area contributed by atoms with Gasteiger partial charge in [0, 0.05) is 32.2 Å². The van der Waals surface area contributed by atoms with Gasteiger partial charge in [0.15, 0.2) is 5.69 Å². The van der Waals surface area contributed by atoms with Gasteiger partial charge in [-0.1, -0.05) is 18.5 Å². The fourth-order valence-corrected chi connectivity index (χ4v) is 2.19. The summed E-state index contributed by atoms with van der Waals surface area (Å²) in [4.78, 5) is 16.4. The van der Waals surface area contributed by atoms with E-state index in [1.807, 2.05) is 4.90 Å². The first kappa shape index (κ1) is 13.1. The molecule has 0 unspecified atom stereocenters. The van der Waals surface area contributed by atoms with Crippen LogP contribution in [0.3, 0.4) is 0 Å². The number of carbonyl (C=O) groups is 1. The number of hydrogen-bond acceptors (Lipinski definition) is 4. The summed E-state index contributed by atoms with van der Waals surface area (Å²) < 4.78 is 4.94. The standard InChI is InChI=1S/C13H21N3O2/c1-3-4-5-15-6-8-16(9-7-15)13(17)12-10-11(2)18-14-12/h10H,3-9H2,1-2H3. The Morgan fingerprint density at radius 1 is 1.39 bits per heavy atom. The zero-order valence-electron chi connectivity index (χ0n) is 11.2. The van der Waals surface area contributed by atoms with Gasteiger partial charge in [-0.15, -0.1) is 0 Å². The molecule has 0 aromatic carbocycles. The van der Waals surface area contributed by atoms with Gasteiger partial charge in [-0.05, 0) is 19.9 Å². The average molecular weight is 251 g/mol. The van der Waals surface area contributed by atoms with Gasteiger partial charge in [-0.2, -0.15) is 0 Å². The molecule has 2 heterocycles. The maximum atomic E-state index is 12.1. The molecule has 0 N–H and O–H groups in total. The first-order valence-corrected chi connectivity index (χ1v) is 6.65. The second-order valence-electron chi connectivity index (χ2n) is 4.81. The van der Waals surface area contributed by atoms with Crippen LogP contribution in [0.1, 0.15) is 36.0 Å². The predicted molar refractivity (Wildman–Crippen MR) is 68.5 cm³/mol. The second-order valence-corrected chi connectivity index (χ2v) is 4.81. The summed E-state index contributed by atoms with van der Waals surface area (Å²) in [6.07, 6.45) is 2.45. The van der Waals surface area contributed by atoms with Crippen molar-refractivity contribution in [2.75, 3.05) is 32.7 Å². The van der Waals surface area contributed by atoms with Crippen LogP contribution in [0.2, 0.25) is 0 Å². The molecule has 1 amide bonds. The molecule has 1 aliphatic heterocycles. The van der Waals surface area contributed by atoms with Crippen molar-refractivity contribution in [2.24, 2.45) is 0 Å². The Morgan fingerprint density at radius 3 is 2.67 bits per heavy atom. The molecule has 100 valence electrons. The van der Waals surface area contributed by atoms with Crippen molar-refractivity contribution < 1.29 is 9.32 Å². The molecule has 1 saturated heterocycles. The molecule has 18 heavy (non-hydrogen) atoms. The predicted octanol–water partition coefficient (Wildman–Crippen LogP) is 1.54. The quantitative estimate of drug-likeness (QED) is 0.814. The van der Waals surface area contributed by atoms with Gasteiger partial charge in [0.1, 0.15) is 5.76 Å². The lowest BCUT2D eigenvalue weighted by Crippen LogP contribution is -2.48. The van der Waals surface area contributed by atoms with Crippen molar-refractivity contribution >= 4 is 5.91 Å². The molecule has 0 spiro atoms. The molecule has 1 aromatic rings. The number of rotatable bonds is 4. The third-order valence-corrected chi connectivity index (χ3v) is 3.33. The molecular weight excluding hydrogens is 230 g/mol. The number of nitrogens with zero attached hydrogens (tertiary/aromatic N) is 3. The van der Waals surface area contributed by atoms with Crippen LogP contribution in [0, 0.1) is 6.92 Å².